The SMILES string of the molecule is CC(C)(C)OCc1cccc(NC(=O)C2CCCC2)c1. The molecule has 1 aromatic carbocycles. The third-order valence-corrected chi connectivity index (χ3v) is 3.59. The third kappa shape index (κ3) is 4.64. The zero-order chi connectivity index (χ0) is 14.6. The van der Waals surface area contributed by atoms with E-state index in [9.17, 15) is 4.79 Å². The molecule has 1 fully saturated rings. The molecule has 3 nitrogen and oxygen atoms in total. The number of amides is 1. The molecule has 3 heteroatoms. The predicted molar refractivity (Wildman–Crippen MR) is 81.6 cm³/mol. The molecule has 110 valence electrons. The van der Waals surface area contributed by atoms with E-state index in [1.807, 2.05) is 45.0 Å². The molecule has 0 unspecified atom stereocenters. The lowest BCUT2D eigenvalue weighted by Crippen LogP contribution is -2.20. The second-order valence-corrected chi connectivity index (χ2v) is 6.57. The fourth-order valence-electron chi connectivity index (χ4n) is 2.47. The van der Waals surface area contributed by atoms with Crippen molar-refractivity contribution in [1.82, 2.24) is 0 Å². The van der Waals surface area contributed by atoms with Gasteiger partial charge < -0.3 is 10.1 Å². The van der Waals surface area contributed by atoms with Crippen LogP contribution >= 0.6 is 0 Å². The van der Waals surface area contributed by atoms with Crippen LogP contribution in [0, 0.1) is 5.92 Å². The Balaban J connectivity index is 1.93. The van der Waals surface area contributed by atoms with Crippen molar-refractivity contribution in [2.45, 2.75) is 58.7 Å². The van der Waals surface area contributed by atoms with Crippen LogP contribution in [0.2, 0.25) is 0 Å². The first-order valence-electron chi connectivity index (χ1n) is 7.48. The highest BCUT2D eigenvalue weighted by Crippen LogP contribution is 2.26. The fraction of sp³-hybridized carbons (Fsp3) is 0.588. The topological polar surface area (TPSA) is 38.3 Å². The van der Waals surface area contributed by atoms with Crippen molar-refractivity contribution >= 4 is 11.6 Å². The lowest BCUT2D eigenvalue weighted by molar-refractivity contribution is -0.119. The summed E-state index contributed by atoms with van der Waals surface area (Å²) in [6, 6.07) is 7.93. The van der Waals surface area contributed by atoms with Gasteiger partial charge in [0.1, 0.15) is 0 Å². The molecule has 0 heterocycles. The van der Waals surface area contributed by atoms with Crippen molar-refractivity contribution in [3.05, 3.63) is 29.8 Å². The van der Waals surface area contributed by atoms with Crippen molar-refractivity contribution in [3.63, 3.8) is 0 Å². The van der Waals surface area contributed by atoms with Gasteiger partial charge in [0, 0.05) is 11.6 Å². The van der Waals surface area contributed by atoms with E-state index in [2.05, 4.69) is 5.32 Å². The van der Waals surface area contributed by atoms with E-state index in [4.69, 9.17) is 4.74 Å². The van der Waals surface area contributed by atoms with Gasteiger partial charge in [-0.15, -0.1) is 0 Å². The van der Waals surface area contributed by atoms with Crippen LogP contribution in [0.4, 0.5) is 5.69 Å². The van der Waals surface area contributed by atoms with E-state index in [1.54, 1.807) is 0 Å². The number of rotatable bonds is 4. The number of carbonyl (C=O) groups is 1. The van der Waals surface area contributed by atoms with E-state index in [1.165, 1.54) is 12.8 Å². The predicted octanol–water partition coefficient (Wildman–Crippen LogP) is 4.13. The molecule has 1 amide bonds. The minimum Gasteiger partial charge on any atom is -0.371 e. The van der Waals surface area contributed by atoms with Gasteiger partial charge in [0.2, 0.25) is 5.91 Å². The monoisotopic (exact) mass is 275 g/mol. The average molecular weight is 275 g/mol. The Bertz CT molecular complexity index is 456. The number of benzene rings is 1. The number of hydrogen-bond acceptors (Lipinski definition) is 2. The molecule has 0 aromatic heterocycles. The van der Waals surface area contributed by atoms with Gasteiger partial charge in [-0.05, 0) is 51.3 Å². The number of nitrogens with one attached hydrogen (secondary N) is 1. The van der Waals surface area contributed by atoms with Gasteiger partial charge in [-0.2, -0.15) is 0 Å². The standard InChI is InChI=1S/C17H25NO2/c1-17(2,3)20-12-13-7-6-10-15(11-13)18-16(19)14-8-4-5-9-14/h6-7,10-11,14H,4-5,8-9,12H2,1-3H3,(H,18,19). The highest BCUT2D eigenvalue weighted by atomic mass is 16.5. The van der Waals surface area contributed by atoms with E-state index in [0.29, 0.717) is 6.61 Å². The maximum absolute atomic E-state index is 12.1. The molecule has 1 aliphatic carbocycles. The Morgan fingerprint density at radius 1 is 1.30 bits per heavy atom. The Labute approximate surface area is 121 Å². The molecule has 1 N–H and O–H groups in total. The number of anilines is 1. The van der Waals surface area contributed by atoms with Crippen LogP contribution in [0.25, 0.3) is 0 Å². The third-order valence-electron chi connectivity index (χ3n) is 3.59. The van der Waals surface area contributed by atoms with Gasteiger partial charge in [-0.25, -0.2) is 0 Å². The van der Waals surface area contributed by atoms with Crippen LogP contribution < -0.4 is 5.32 Å². The lowest BCUT2D eigenvalue weighted by Gasteiger charge is -2.20. The number of ether oxygens (including phenoxy) is 1. The molecule has 0 radical (unpaired) electrons. The van der Waals surface area contributed by atoms with Gasteiger partial charge in [0.25, 0.3) is 0 Å². The summed E-state index contributed by atoms with van der Waals surface area (Å²) in [5.41, 5.74) is 1.81. The summed E-state index contributed by atoms with van der Waals surface area (Å²) in [6.45, 7) is 6.69. The summed E-state index contributed by atoms with van der Waals surface area (Å²) in [7, 11) is 0. The summed E-state index contributed by atoms with van der Waals surface area (Å²) < 4.78 is 5.76. The second-order valence-electron chi connectivity index (χ2n) is 6.57. The van der Waals surface area contributed by atoms with Gasteiger partial charge >= 0.3 is 0 Å². The average Bonchev–Trinajstić information content (AvgIpc) is 2.90. The van der Waals surface area contributed by atoms with Crippen molar-refractivity contribution in [3.8, 4) is 0 Å². The number of hydrogen-bond donors (Lipinski definition) is 1. The van der Waals surface area contributed by atoms with Gasteiger partial charge in [0.05, 0.1) is 12.2 Å². The summed E-state index contributed by atoms with van der Waals surface area (Å²) >= 11 is 0. The molecule has 0 bridgehead atoms. The van der Waals surface area contributed by atoms with Gasteiger partial charge in [-0.1, -0.05) is 25.0 Å². The van der Waals surface area contributed by atoms with E-state index >= 15 is 0 Å². The zero-order valence-electron chi connectivity index (χ0n) is 12.7. The molecule has 1 aromatic rings. The molecule has 2 rings (SSSR count). The van der Waals surface area contributed by atoms with Crippen molar-refractivity contribution < 1.29 is 9.53 Å². The maximum atomic E-state index is 12.1. The highest BCUT2D eigenvalue weighted by Gasteiger charge is 2.22. The van der Waals surface area contributed by atoms with E-state index in [-0.39, 0.29) is 17.4 Å². The molecule has 1 saturated carbocycles. The molecule has 0 spiro atoms. The molecule has 1 aliphatic rings. The fourth-order valence-corrected chi connectivity index (χ4v) is 2.47. The van der Waals surface area contributed by atoms with Crippen LogP contribution in [0.3, 0.4) is 0 Å². The highest BCUT2D eigenvalue weighted by molar-refractivity contribution is 5.92. The van der Waals surface area contributed by atoms with Crippen LogP contribution in [0.1, 0.15) is 52.0 Å². The molecule has 0 aliphatic heterocycles. The van der Waals surface area contributed by atoms with Crippen molar-refractivity contribution in [2.75, 3.05) is 5.32 Å². The van der Waals surface area contributed by atoms with Crippen molar-refractivity contribution in [2.24, 2.45) is 5.92 Å². The smallest absolute Gasteiger partial charge is 0.227 e. The Morgan fingerprint density at radius 2 is 2.00 bits per heavy atom. The van der Waals surface area contributed by atoms with Gasteiger partial charge in [0.15, 0.2) is 0 Å². The summed E-state index contributed by atoms with van der Waals surface area (Å²) in [6.07, 6.45) is 4.41. The molecular formula is C17H25NO2. The zero-order valence-corrected chi connectivity index (χ0v) is 12.7. The van der Waals surface area contributed by atoms with Crippen LogP contribution in [0.5, 0.6) is 0 Å². The molecule has 0 atom stereocenters. The molecular weight excluding hydrogens is 250 g/mol. The van der Waals surface area contributed by atoms with Crippen LogP contribution in [0.15, 0.2) is 24.3 Å². The van der Waals surface area contributed by atoms with Gasteiger partial charge in [-0.3, -0.25) is 4.79 Å². The lowest BCUT2D eigenvalue weighted by atomic mass is 10.1. The Morgan fingerprint density at radius 3 is 2.65 bits per heavy atom. The van der Waals surface area contributed by atoms with E-state index in [0.717, 1.165) is 24.1 Å². The normalized spacial score (nSPS) is 16.4. The summed E-state index contributed by atoms with van der Waals surface area (Å²) in [5, 5.41) is 3.03. The first kappa shape index (κ1) is 15.0. The largest absolute Gasteiger partial charge is 0.371 e. The Kier molecular flexibility index (Phi) is 4.81. The molecule has 20 heavy (non-hydrogen) atoms. The first-order valence-corrected chi connectivity index (χ1v) is 7.48. The minimum atomic E-state index is -0.150. The summed E-state index contributed by atoms with van der Waals surface area (Å²) in [5.74, 6) is 0.362. The summed E-state index contributed by atoms with van der Waals surface area (Å²) in [4.78, 5) is 12.1. The van der Waals surface area contributed by atoms with E-state index < -0.39 is 0 Å². The second kappa shape index (κ2) is 6.40. The number of carbonyl (C=O) groups excluding carboxylic acids is 1. The molecule has 0 saturated heterocycles. The maximum Gasteiger partial charge on any atom is 0.227 e. The van der Waals surface area contributed by atoms with Crippen molar-refractivity contribution in [1.29, 1.82) is 0 Å². The van der Waals surface area contributed by atoms with Crippen LogP contribution in [-0.2, 0) is 16.1 Å². The first-order chi connectivity index (χ1) is 9.44. The Hall–Kier alpha value is -1.35. The minimum absolute atomic E-state index is 0.150. The quantitative estimate of drug-likeness (QED) is 0.897. The van der Waals surface area contributed by atoms with Crippen LogP contribution in [-0.4, -0.2) is 11.5 Å².